The van der Waals surface area contributed by atoms with Crippen molar-refractivity contribution in [2.45, 2.75) is 6.92 Å². The van der Waals surface area contributed by atoms with E-state index in [1.807, 2.05) is 0 Å². The molecule has 1 aliphatic heterocycles. The molecule has 0 saturated heterocycles. The summed E-state index contributed by atoms with van der Waals surface area (Å²) in [7, 11) is 0. The average molecular weight is 409 g/mol. The number of ketones is 1. The fourth-order valence-electron chi connectivity index (χ4n) is 3.02. The average Bonchev–Trinajstić information content (AvgIpc) is 3.00. The molecule has 1 heterocycles. The van der Waals surface area contributed by atoms with Crippen LogP contribution < -0.4 is 9.47 Å². The van der Waals surface area contributed by atoms with Gasteiger partial charge >= 0.3 is 5.97 Å². The second-order valence-corrected chi connectivity index (χ2v) is 6.91. The van der Waals surface area contributed by atoms with E-state index in [2.05, 4.69) is 0 Å². The quantitative estimate of drug-likeness (QED) is 0.320. The molecule has 3 aromatic carbocycles. The van der Waals surface area contributed by atoms with Crippen LogP contribution in [0.5, 0.6) is 11.5 Å². The Morgan fingerprint density at radius 2 is 1.83 bits per heavy atom. The molecule has 0 amide bonds. The number of fused-ring (bicyclic) bond motifs is 1. The molecule has 4 rings (SSSR count). The third kappa shape index (κ3) is 3.77. The lowest BCUT2D eigenvalue weighted by Gasteiger charge is -2.08. The molecule has 29 heavy (non-hydrogen) atoms. The van der Waals surface area contributed by atoms with Crippen molar-refractivity contribution in [1.29, 1.82) is 0 Å². The van der Waals surface area contributed by atoms with Crippen LogP contribution in [0.3, 0.4) is 0 Å². The number of allylic oxidation sites excluding steroid dienone is 1. The third-order valence-electron chi connectivity index (χ3n) is 4.43. The molecule has 0 spiro atoms. The molecular weight excluding hydrogens is 395 g/mol. The maximum atomic E-state index is 13.9. The van der Waals surface area contributed by atoms with Crippen LogP contribution in [0.25, 0.3) is 6.08 Å². The number of hydrogen-bond acceptors (Lipinski definition) is 4. The molecule has 0 N–H and O–H groups in total. The Bertz CT molecular complexity index is 1170. The summed E-state index contributed by atoms with van der Waals surface area (Å²) in [6.45, 7) is 1.71. The number of carbonyl (C=O) groups is 2. The second kappa shape index (κ2) is 7.53. The molecule has 0 fully saturated rings. The summed E-state index contributed by atoms with van der Waals surface area (Å²) >= 11 is 5.83. The maximum Gasteiger partial charge on any atom is 0.343 e. The standard InChI is InChI=1S/C23H14ClFO4/c1-13-10-17(28-23(27)14-6-8-16(24)9-7-14)12-19-21(13)22(26)20(29-19)11-15-4-2-3-5-18(15)25/h2-12H,1H3/b20-11-. The molecule has 0 bridgehead atoms. The third-order valence-corrected chi connectivity index (χ3v) is 4.68. The van der Waals surface area contributed by atoms with Gasteiger partial charge in [-0.25, -0.2) is 9.18 Å². The fourth-order valence-corrected chi connectivity index (χ4v) is 3.15. The van der Waals surface area contributed by atoms with Crippen molar-refractivity contribution in [3.8, 4) is 11.5 Å². The summed E-state index contributed by atoms with van der Waals surface area (Å²) in [4.78, 5) is 25.0. The van der Waals surface area contributed by atoms with E-state index >= 15 is 0 Å². The van der Waals surface area contributed by atoms with Gasteiger partial charge in [-0.15, -0.1) is 0 Å². The molecule has 4 nitrogen and oxygen atoms in total. The fraction of sp³-hybridized carbons (Fsp3) is 0.0435. The first-order chi connectivity index (χ1) is 13.9. The molecule has 0 radical (unpaired) electrons. The van der Waals surface area contributed by atoms with Gasteiger partial charge in [0.25, 0.3) is 0 Å². The summed E-state index contributed by atoms with van der Waals surface area (Å²) in [5, 5.41) is 0.510. The molecule has 0 aromatic heterocycles. The predicted molar refractivity (Wildman–Crippen MR) is 107 cm³/mol. The predicted octanol–water partition coefficient (Wildman–Crippen LogP) is 5.62. The first kappa shape index (κ1) is 18.9. The molecule has 0 aliphatic carbocycles. The van der Waals surface area contributed by atoms with Crippen LogP contribution in [0.2, 0.25) is 5.02 Å². The van der Waals surface area contributed by atoms with Crippen molar-refractivity contribution in [2.24, 2.45) is 0 Å². The second-order valence-electron chi connectivity index (χ2n) is 6.47. The minimum Gasteiger partial charge on any atom is -0.452 e. The van der Waals surface area contributed by atoms with Crippen molar-refractivity contribution >= 4 is 29.4 Å². The Morgan fingerprint density at radius 1 is 1.10 bits per heavy atom. The van der Waals surface area contributed by atoms with Gasteiger partial charge in [-0.2, -0.15) is 0 Å². The van der Waals surface area contributed by atoms with Crippen LogP contribution in [0.1, 0.15) is 31.8 Å². The Kier molecular flexibility index (Phi) is 4.91. The van der Waals surface area contributed by atoms with Crippen molar-refractivity contribution in [1.82, 2.24) is 0 Å². The Morgan fingerprint density at radius 3 is 2.55 bits per heavy atom. The first-order valence-corrected chi connectivity index (χ1v) is 9.11. The van der Waals surface area contributed by atoms with Gasteiger partial charge in [0.05, 0.1) is 11.1 Å². The van der Waals surface area contributed by atoms with Crippen LogP contribution >= 0.6 is 11.6 Å². The largest absolute Gasteiger partial charge is 0.452 e. The summed E-state index contributed by atoms with van der Waals surface area (Å²) in [5.41, 5.74) is 1.53. The highest BCUT2D eigenvalue weighted by molar-refractivity contribution is 6.30. The van der Waals surface area contributed by atoms with Crippen molar-refractivity contribution in [3.05, 3.63) is 99.5 Å². The number of benzene rings is 3. The topological polar surface area (TPSA) is 52.6 Å². The van der Waals surface area contributed by atoms with E-state index in [-0.39, 0.29) is 28.6 Å². The van der Waals surface area contributed by atoms with E-state index in [9.17, 15) is 14.0 Å². The minimum atomic E-state index is -0.563. The van der Waals surface area contributed by atoms with E-state index in [1.54, 1.807) is 55.5 Å². The van der Waals surface area contributed by atoms with Gasteiger partial charge in [-0.05, 0) is 55.0 Å². The molecule has 0 saturated carbocycles. The lowest BCUT2D eigenvalue weighted by atomic mass is 10.0. The molecule has 6 heteroatoms. The highest BCUT2D eigenvalue weighted by atomic mass is 35.5. The minimum absolute atomic E-state index is 0.00868. The number of aryl methyl sites for hydroxylation is 1. The number of Topliss-reactive ketones (excluding diaryl/α,β-unsaturated/α-hetero) is 1. The van der Waals surface area contributed by atoms with Gasteiger partial charge in [0.2, 0.25) is 5.78 Å². The molecule has 1 aliphatic rings. The number of carbonyl (C=O) groups excluding carboxylic acids is 2. The van der Waals surface area contributed by atoms with E-state index < -0.39 is 11.8 Å². The van der Waals surface area contributed by atoms with E-state index in [1.165, 1.54) is 18.2 Å². The van der Waals surface area contributed by atoms with Crippen LogP contribution in [0, 0.1) is 12.7 Å². The lowest BCUT2D eigenvalue weighted by molar-refractivity contribution is 0.0734. The monoisotopic (exact) mass is 408 g/mol. The lowest BCUT2D eigenvalue weighted by Crippen LogP contribution is -2.08. The highest BCUT2D eigenvalue weighted by Crippen LogP contribution is 2.37. The summed E-state index contributed by atoms with van der Waals surface area (Å²) in [6.07, 6.45) is 1.36. The normalized spacial score (nSPS) is 13.9. The van der Waals surface area contributed by atoms with Gasteiger partial charge in [0.15, 0.2) is 5.76 Å². The number of halogens is 2. The highest BCUT2D eigenvalue weighted by Gasteiger charge is 2.30. The molecule has 0 atom stereocenters. The number of rotatable bonds is 3. The van der Waals surface area contributed by atoms with E-state index in [4.69, 9.17) is 21.1 Å². The van der Waals surface area contributed by atoms with Crippen molar-refractivity contribution in [2.75, 3.05) is 0 Å². The molecule has 0 unspecified atom stereocenters. The van der Waals surface area contributed by atoms with Gasteiger partial charge in [-0.1, -0.05) is 29.8 Å². The zero-order valence-corrected chi connectivity index (χ0v) is 16.0. The smallest absolute Gasteiger partial charge is 0.343 e. The van der Waals surface area contributed by atoms with Gasteiger partial charge in [0.1, 0.15) is 17.3 Å². The van der Waals surface area contributed by atoms with E-state index in [0.717, 1.165) is 0 Å². The Balaban J connectivity index is 1.62. The van der Waals surface area contributed by atoms with Gasteiger partial charge in [-0.3, -0.25) is 4.79 Å². The Labute approximate surface area is 171 Å². The van der Waals surface area contributed by atoms with Crippen LogP contribution in [0.4, 0.5) is 4.39 Å². The molecule has 3 aromatic rings. The van der Waals surface area contributed by atoms with Crippen molar-refractivity contribution < 1.29 is 23.5 Å². The summed E-state index contributed by atoms with van der Waals surface area (Å²) in [5.74, 6) is -0.863. The number of ether oxygens (including phenoxy) is 2. The van der Waals surface area contributed by atoms with Gasteiger partial charge < -0.3 is 9.47 Å². The van der Waals surface area contributed by atoms with Crippen molar-refractivity contribution in [3.63, 3.8) is 0 Å². The molecular formula is C23H14ClFO4. The summed E-state index contributed by atoms with van der Waals surface area (Å²) < 4.78 is 24.9. The van der Waals surface area contributed by atoms with Crippen LogP contribution in [-0.4, -0.2) is 11.8 Å². The SMILES string of the molecule is Cc1cc(OC(=O)c2ccc(Cl)cc2)cc2c1C(=O)/C(=C/c1ccccc1F)O2. The maximum absolute atomic E-state index is 13.9. The van der Waals surface area contributed by atoms with E-state index in [0.29, 0.717) is 21.7 Å². The number of esters is 1. The number of hydrogen-bond donors (Lipinski definition) is 0. The van der Waals surface area contributed by atoms with Crippen LogP contribution in [0.15, 0.2) is 66.4 Å². The zero-order valence-electron chi connectivity index (χ0n) is 15.2. The van der Waals surface area contributed by atoms with Crippen LogP contribution in [-0.2, 0) is 0 Å². The van der Waals surface area contributed by atoms with Gasteiger partial charge in [0, 0.05) is 16.7 Å². The Hall–Kier alpha value is -3.44. The zero-order chi connectivity index (χ0) is 20.5. The molecule has 144 valence electrons. The summed E-state index contributed by atoms with van der Waals surface area (Å²) in [6, 6.07) is 15.4. The first-order valence-electron chi connectivity index (χ1n) is 8.73.